The highest BCUT2D eigenvalue weighted by atomic mass is 127. The van der Waals surface area contributed by atoms with Crippen molar-refractivity contribution in [2.75, 3.05) is 25.7 Å². The number of hydrogen-bond donors (Lipinski definition) is 1. The van der Waals surface area contributed by atoms with Crippen molar-refractivity contribution in [2.24, 2.45) is 0 Å². The first-order valence-corrected chi connectivity index (χ1v) is 7.23. The van der Waals surface area contributed by atoms with Crippen LogP contribution in [0, 0.1) is 0 Å². The van der Waals surface area contributed by atoms with Crippen molar-refractivity contribution < 1.29 is 22.7 Å². The fourth-order valence-corrected chi connectivity index (χ4v) is 1.76. The van der Waals surface area contributed by atoms with Crippen LogP contribution < -0.4 is 5.32 Å². The lowest BCUT2D eigenvalue weighted by molar-refractivity contribution is -0.139. The number of alkyl halides is 1. The second-order valence-corrected chi connectivity index (χ2v) is 6.51. The van der Waals surface area contributed by atoms with Gasteiger partial charge in [-0.3, -0.25) is 9.59 Å². The molecule has 0 aliphatic carbocycles. The van der Waals surface area contributed by atoms with Crippen molar-refractivity contribution in [3.05, 3.63) is 0 Å². The van der Waals surface area contributed by atoms with E-state index in [1.165, 1.54) is 7.11 Å². The van der Waals surface area contributed by atoms with Crippen molar-refractivity contribution in [1.82, 2.24) is 5.32 Å². The zero-order valence-corrected chi connectivity index (χ0v) is 11.3. The Morgan fingerprint density at radius 2 is 2.00 bits per heavy atom. The Labute approximate surface area is 102 Å². The van der Waals surface area contributed by atoms with Gasteiger partial charge in [0.25, 0.3) is 0 Å². The second-order valence-electron chi connectivity index (χ2n) is 2.86. The number of sulfone groups is 1. The van der Waals surface area contributed by atoms with Crippen molar-refractivity contribution in [1.29, 1.82) is 0 Å². The van der Waals surface area contributed by atoms with Crippen LogP contribution >= 0.6 is 22.6 Å². The van der Waals surface area contributed by atoms with Crippen LogP contribution in [-0.2, 0) is 24.2 Å². The van der Waals surface area contributed by atoms with Crippen molar-refractivity contribution in [3.63, 3.8) is 0 Å². The van der Waals surface area contributed by atoms with Crippen LogP contribution in [-0.4, -0.2) is 49.9 Å². The SMILES string of the molecule is COC(=O)C(I)CNC(=O)CS(C)(=O)=O. The largest absolute Gasteiger partial charge is 0.468 e. The monoisotopic (exact) mass is 349 g/mol. The topological polar surface area (TPSA) is 89.5 Å². The molecule has 0 aromatic heterocycles. The van der Waals surface area contributed by atoms with Crippen LogP contribution in [0.2, 0.25) is 0 Å². The summed E-state index contributed by atoms with van der Waals surface area (Å²) in [6.45, 7) is 0.0571. The van der Waals surface area contributed by atoms with Gasteiger partial charge in [-0.05, 0) is 0 Å². The van der Waals surface area contributed by atoms with Gasteiger partial charge in [0.1, 0.15) is 9.68 Å². The van der Waals surface area contributed by atoms with E-state index in [1.54, 1.807) is 22.6 Å². The second kappa shape index (κ2) is 6.26. The number of halogens is 1. The van der Waals surface area contributed by atoms with E-state index in [4.69, 9.17) is 0 Å². The van der Waals surface area contributed by atoms with Gasteiger partial charge in [-0.15, -0.1) is 0 Å². The fourth-order valence-electron chi connectivity index (χ4n) is 0.704. The maximum Gasteiger partial charge on any atom is 0.320 e. The van der Waals surface area contributed by atoms with Crippen LogP contribution in [0.4, 0.5) is 0 Å². The Bertz CT molecular complexity index is 339. The normalized spacial score (nSPS) is 13.0. The Morgan fingerprint density at radius 3 is 2.40 bits per heavy atom. The molecular formula is C7H12INO5S. The predicted molar refractivity (Wildman–Crippen MR) is 62.5 cm³/mol. The highest BCUT2D eigenvalue weighted by molar-refractivity contribution is 14.1. The molecule has 0 aromatic rings. The molecule has 0 aromatic carbocycles. The van der Waals surface area contributed by atoms with Gasteiger partial charge in [-0.1, -0.05) is 22.6 Å². The number of nitrogens with one attached hydrogen (secondary N) is 1. The number of carbonyl (C=O) groups excluding carboxylic acids is 2. The molecule has 6 nitrogen and oxygen atoms in total. The maximum absolute atomic E-state index is 11.0. The first-order chi connectivity index (χ1) is 6.76. The number of ether oxygens (including phenoxy) is 1. The van der Waals surface area contributed by atoms with Gasteiger partial charge in [0.2, 0.25) is 5.91 Å². The van der Waals surface area contributed by atoms with Gasteiger partial charge in [-0.2, -0.15) is 0 Å². The number of hydrogen-bond acceptors (Lipinski definition) is 5. The molecule has 0 bridgehead atoms. The van der Waals surface area contributed by atoms with Crippen molar-refractivity contribution >= 4 is 44.3 Å². The summed E-state index contributed by atoms with van der Waals surface area (Å²) in [6, 6.07) is 0. The third-order valence-electron chi connectivity index (χ3n) is 1.33. The highest BCUT2D eigenvalue weighted by Crippen LogP contribution is 2.00. The van der Waals surface area contributed by atoms with E-state index in [0.29, 0.717) is 0 Å². The van der Waals surface area contributed by atoms with Crippen molar-refractivity contribution in [3.8, 4) is 0 Å². The smallest absolute Gasteiger partial charge is 0.320 e. The molecule has 0 spiro atoms. The lowest BCUT2D eigenvalue weighted by atomic mass is 10.4. The molecule has 1 atom stereocenters. The molecule has 0 aliphatic heterocycles. The Balaban J connectivity index is 3.97. The minimum atomic E-state index is -3.33. The summed E-state index contributed by atoms with van der Waals surface area (Å²) in [5.41, 5.74) is 0. The Kier molecular flexibility index (Phi) is 6.10. The molecule has 0 heterocycles. The summed E-state index contributed by atoms with van der Waals surface area (Å²) in [5, 5.41) is 2.33. The van der Waals surface area contributed by atoms with Crippen LogP contribution in [0.15, 0.2) is 0 Å². The van der Waals surface area contributed by atoms with E-state index in [9.17, 15) is 18.0 Å². The van der Waals surface area contributed by atoms with Crippen molar-refractivity contribution in [2.45, 2.75) is 3.92 Å². The molecular weight excluding hydrogens is 337 g/mol. The average molecular weight is 349 g/mol. The standard InChI is InChI=1S/C7H12INO5S/c1-14-7(11)5(8)3-9-6(10)4-15(2,12)13/h5H,3-4H2,1-2H3,(H,9,10). The van der Waals surface area contributed by atoms with E-state index < -0.39 is 31.4 Å². The zero-order valence-electron chi connectivity index (χ0n) is 8.32. The van der Waals surface area contributed by atoms with Gasteiger partial charge in [0.05, 0.1) is 7.11 Å². The van der Waals surface area contributed by atoms with Gasteiger partial charge in [0.15, 0.2) is 9.84 Å². The van der Waals surface area contributed by atoms with E-state index >= 15 is 0 Å². The number of esters is 1. The van der Waals surface area contributed by atoms with Gasteiger partial charge < -0.3 is 10.1 Å². The van der Waals surface area contributed by atoms with E-state index in [2.05, 4.69) is 10.1 Å². The molecule has 1 unspecified atom stereocenters. The first-order valence-electron chi connectivity index (χ1n) is 3.92. The lowest BCUT2D eigenvalue weighted by Gasteiger charge is -2.08. The van der Waals surface area contributed by atoms with Crippen LogP contribution in [0.25, 0.3) is 0 Å². The summed E-state index contributed by atoms with van der Waals surface area (Å²) < 4.78 is 25.4. The average Bonchev–Trinajstić information content (AvgIpc) is 2.10. The van der Waals surface area contributed by atoms with Gasteiger partial charge in [0, 0.05) is 12.8 Å². The summed E-state index contributed by atoms with van der Waals surface area (Å²) in [5.74, 6) is -1.66. The maximum atomic E-state index is 11.0. The molecule has 0 saturated heterocycles. The summed E-state index contributed by atoms with van der Waals surface area (Å²) in [7, 11) is -2.09. The summed E-state index contributed by atoms with van der Waals surface area (Å²) in [6.07, 6.45) is 0.967. The Morgan fingerprint density at radius 1 is 1.47 bits per heavy atom. The van der Waals surface area contributed by atoms with E-state index in [0.717, 1.165) is 6.26 Å². The van der Waals surface area contributed by atoms with Crippen LogP contribution in [0.1, 0.15) is 0 Å². The number of methoxy groups -OCH3 is 1. The minimum Gasteiger partial charge on any atom is -0.468 e. The molecule has 8 heteroatoms. The van der Waals surface area contributed by atoms with E-state index in [-0.39, 0.29) is 6.54 Å². The first kappa shape index (κ1) is 14.6. The Hall–Kier alpha value is -0.380. The van der Waals surface area contributed by atoms with Crippen LogP contribution in [0.3, 0.4) is 0 Å². The molecule has 1 N–H and O–H groups in total. The minimum absolute atomic E-state index is 0.0571. The fraction of sp³-hybridized carbons (Fsp3) is 0.714. The quantitative estimate of drug-likeness (QED) is 0.396. The van der Waals surface area contributed by atoms with E-state index in [1.807, 2.05) is 0 Å². The molecule has 0 rings (SSSR count). The van der Waals surface area contributed by atoms with Gasteiger partial charge >= 0.3 is 5.97 Å². The third kappa shape index (κ3) is 7.54. The molecule has 88 valence electrons. The number of carbonyl (C=O) groups is 2. The molecule has 0 radical (unpaired) electrons. The molecule has 0 saturated carbocycles. The summed E-state index contributed by atoms with van der Waals surface area (Å²) in [4.78, 5) is 21.9. The molecule has 1 amide bonds. The zero-order chi connectivity index (χ0) is 12.1. The summed E-state index contributed by atoms with van der Waals surface area (Å²) >= 11 is 1.80. The number of amides is 1. The molecule has 15 heavy (non-hydrogen) atoms. The highest BCUT2D eigenvalue weighted by Gasteiger charge is 2.17. The lowest BCUT2D eigenvalue weighted by Crippen LogP contribution is -2.36. The molecule has 0 fully saturated rings. The molecule has 0 aliphatic rings. The van der Waals surface area contributed by atoms with Gasteiger partial charge in [-0.25, -0.2) is 8.42 Å². The predicted octanol–water partition coefficient (Wildman–Crippen LogP) is -0.876. The number of rotatable bonds is 5. The van der Waals surface area contributed by atoms with Crippen LogP contribution in [0.5, 0.6) is 0 Å². The third-order valence-corrected chi connectivity index (χ3v) is 3.06.